The highest BCUT2D eigenvalue weighted by Gasteiger charge is 2.12. The van der Waals surface area contributed by atoms with Crippen LogP contribution in [0, 0.1) is 0 Å². The van der Waals surface area contributed by atoms with E-state index in [2.05, 4.69) is 37.7 Å². The Kier molecular flexibility index (Phi) is 3.93. The second kappa shape index (κ2) is 4.78. The highest BCUT2D eigenvalue weighted by atomic mass is 32.2. The van der Waals surface area contributed by atoms with Crippen molar-refractivity contribution >= 4 is 11.8 Å². The molecule has 0 spiro atoms. The predicted molar refractivity (Wildman–Crippen MR) is 62.0 cm³/mol. The largest absolute Gasteiger partial charge is 0.231 e. The first-order valence-electron chi connectivity index (χ1n) is 4.97. The molecule has 1 aromatic heterocycles. The van der Waals surface area contributed by atoms with Crippen molar-refractivity contribution < 1.29 is 0 Å². The summed E-state index contributed by atoms with van der Waals surface area (Å²) in [5.74, 6) is 0.976. The van der Waals surface area contributed by atoms with Crippen molar-refractivity contribution in [2.45, 2.75) is 44.7 Å². The van der Waals surface area contributed by atoms with E-state index in [-0.39, 0.29) is 0 Å². The average molecular weight is 210 g/mol. The van der Waals surface area contributed by atoms with Crippen LogP contribution in [0.4, 0.5) is 0 Å². The first kappa shape index (κ1) is 11.5. The van der Waals surface area contributed by atoms with Gasteiger partial charge in [0.2, 0.25) is 0 Å². The molecule has 0 aliphatic heterocycles. The van der Waals surface area contributed by atoms with Gasteiger partial charge >= 0.3 is 0 Å². The van der Waals surface area contributed by atoms with Gasteiger partial charge in [0.1, 0.15) is 0 Å². The summed E-state index contributed by atoms with van der Waals surface area (Å²) in [6.07, 6.45) is 3.98. The lowest BCUT2D eigenvalue weighted by Gasteiger charge is -2.14. The second-order valence-corrected chi connectivity index (χ2v) is 4.78. The van der Waals surface area contributed by atoms with Crippen molar-refractivity contribution in [3.8, 4) is 0 Å². The monoisotopic (exact) mass is 210 g/mol. The van der Waals surface area contributed by atoms with Crippen molar-refractivity contribution in [2.75, 3.05) is 6.26 Å². The fraction of sp³-hybridized carbons (Fsp3) is 0.636. The smallest absolute Gasteiger partial charge is 0.187 e. The minimum absolute atomic E-state index is 0.473. The van der Waals surface area contributed by atoms with Gasteiger partial charge in [0, 0.05) is 6.20 Å². The van der Waals surface area contributed by atoms with Gasteiger partial charge in [0.05, 0.1) is 5.69 Å². The summed E-state index contributed by atoms with van der Waals surface area (Å²) in [7, 11) is 0. The zero-order valence-electron chi connectivity index (χ0n) is 9.53. The molecule has 0 aromatic carbocycles. The normalized spacial score (nSPS) is 11.4. The molecule has 0 saturated heterocycles. The van der Waals surface area contributed by atoms with Gasteiger partial charge in [-0.3, -0.25) is 0 Å². The molecule has 0 aliphatic rings. The van der Waals surface area contributed by atoms with Crippen LogP contribution in [-0.2, 0) is 0 Å². The van der Waals surface area contributed by atoms with E-state index in [1.165, 1.54) is 11.3 Å². The third kappa shape index (κ3) is 2.47. The molecular formula is C11H18N2S. The van der Waals surface area contributed by atoms with Gasteiger partial charge in [-0.15, -0.1) is 0 Å². The van der Waals surface area contributed by atoms with E-state index < -0.39 is 0 Å². The maximum atomic E-state index is 4.56. The Labute approximate surface area is 90.5 Å². The minimum atomic E-state index is 0.473. The molecular weight excluding hydrogens is 192 g/mol. The first-order valence-corrected chi connectivity index (χ1v) is 6.19. The molecule has 0 unspecified atom stereocenters. The van der Waals surface area contributed by atoms with Crippen molar-refractivity contribution in [3.63, 3.8) is 0 Å². The molecule has 0 aliphatic carbocycles. The zero-order valence-corrected chi connectivity index (χ0v) is 10.4. The lowest BCUT2D eigenvalue weighted by molar-refractivity contribution is 0.719. The van der Waals surface area contributed by atoms with E-state index >= 15 is 0 Å². The molecule has 0 atom stereocenters. The van der Waals surface area contributed by atoms with Crippen LogP contribution in [0.1, 0.15) is 50.8 Å². The lowest BCUT2D eigenvalue weighted by Crippen LogP contribution is -2.04. The maximum absolute atomic E-state index is 4.56. The number of aromatic nitrogens is 2. The number of hydrogen-bond donors (Lipinski definition) is 0. The quantitative estimate of drug-likeness (QED) is 0.564. The summed E-state index contributed by atoms with van der Waals surface area (Å²) < 4.78 is 0. The molecule has 0 bridgehead atoms. The first-order chi connectivity index (χ1) is 6.56. The Bertz CT molecular complexity index is 308. The summed E-state index contributed by atoms with van der Waals surface area (Å²) in [6, 6.07) is 0. The Morgan fingerprint density at radius 3 is 2.21 bits per heavy atom. The maximum Gasteiger partial charge on any atom is 0.187 e. The van der Waals surface area contributed by atoms with Gasteiger partial charge in [-0.25, -0.2) is 9.97 Å². The molecule has 2 nitrogen and oxygen atoms in total. The number of thioether (sulfide) groups is 1. The molecule has 14 heavy (non-hydrogen) atoms. The molecule has 3 heteroatoms. The van der Waals surface area contributed by atoms with Crippen molar-refractivity contribution in [2.24, 2.45) is 0 Å². The van der Waals surface area contributed by atoms with Gasteiger partial charge in [-0.05, 0) is 23.7 Å². The van der Waals surface area contributed by atoms with Crippen molar-refractivity contribution in [1.29, 1.82) is 0 Å². The SMILES string of the molecule is CSc1ncc(C(C)C)c(C(C)C)n1. The number of hydrogen-bond acceptors (Lipinski definition) is 3. The van der Waals surface area contributed by atoms with Crippen molar-refractivity contribution in [3.05, 3.63) is 17.5 Å². The Hall–Kier alpha value is -0.570. The summed E-state index contributed by atoms with van der Waals surface area (Å²) in [4.78, 5) is 8.88. The highest BCUT2D eigenvalue weighted by Crippen LogP contribution is 2.25. The van der Waals surface area contributed by atoms with Crippen LogP contribution in [0.5, 0.6) is 0 Å². The summed E-state index contributed by atoms with van der Waals surface area (Å²) >= 11 is 1.60. The van der Waals surface area contributed by atoms with E-state index in [0.29, 0.717) is 11.8 Å². The van der Waals surface area contributed by atoms with E-state index in [0.717, 1.165) is 5.16 Å². The van der Waals surface area contributed by atoms with Crippen LogP contribution in [-0.4, -0.2) is 16.2 Å². The summed E-state index contributed by atoms with van der Waals surface area (Å²) in [5.41, 5.74) is 2.47. The van der Waals surface area contributed by atoms with E-state index in [9.17, 15) is 0 Å². The van der Waals surface area contributed by atoms with Gasteiger partial charge in [0.15, 0.2) is 5.16 Å². The third-order valence-electron chi connectivity index (χ3n) is 2.18. The fourth-order valence-electron chi connectivity index (χ4n) is 1.39. The van der Waals surface area contributed by atoms with E-state index in [1.54, 1.807) is 11.8 Å². The molecule has 0 amide bonds. The van der Waals surface area contributed by atoms with Crippen LogP contribution in [0.3, 0.4) is 0 Å². The van der Waals surface area contributed by atoms with Crippen LogP contribution < -0.4 is 0 Å². The zero-order chi connectivity index (χ0) is 10.7. The second-order valence-electron chi connectivity index (χ2n) is 4.01. The van der Waals surface area contributed by atoms with Crippen molar-refractivity contribution in [1.82, 2.24) is 9.97 Å². The molecule has 0 saturated carbocycles. The molecule has 0 N–H and O–H groups in total. The fourth-order valence-corrected chi connectivity index (χ4v) is 1.74. The molecule has 1 heterocycles. The Morgan fingerprint density at radius 2 is 1.79 bits per heavy atom. The van der Waals surface area contributed by atoms with Crippen LogP contribution in [0.2, 0.25) is 0 Å². The molecule has 1 rings (SSSR count). The van der Waals surface area contributed by atoms with Gasteiger partial charge in [-0.2, -0.15) is 0 Å². The van der Waals surface area contributed by atoms with Gasteiger partial charge in [0.25, 0.3) is 0 Å². The Balaban J connectivity index is 3.17. The van der Waals surface area contributed by atoms with E-state index in [1.807, 2.05) is 12.5 Å². The molecule has 78 valence electrons. The van der Waals surface area contributed by atoms with Crippen LogP contribution >= 0.6 is 11.8 Å². The highest BCUT2D eigenvalue weighted by molar-refractivity contribution is 7.98. The number of rotatable bonds is 3. The molecule has 0 radical (unpaired) electrons. The van der Waals surface area contributed by atoms with Gasteiger partial charge < -0.3 is 0 Å². The Morgan fingerprint density at radius 1 is 1.14 bits per heavy atom. The predicted octanol–water partition coefficient (Wildman–Crippen LogP) is 3.45. The van der Waals surface area contributed by atoms with Crippen LogP contribution in [0.15, 0.2) is 11.4 Å². The molecule has 1 aromatic rings. The lowest BCUT2D eigenvalue weighted by atomic mass is 9.97. The minimum Gasteiger partial charge on any atom is -0.231 e. The van der Waals surface area contributed by atoms with Crippen LogP contribution in [0.25, 0.3) is 0 Å². The standard InChI is InChI=1S/C11H18N2S/c1-7(2)9-6-12-11(14-5)13-10(9)8(3)4/h6-8H,1-5H3. The van der Waals surface area contributed by atoms with E-state index in [4.69, 9.17) is 0 Å². The molecule has 0 fully saturated rings. The average Bonchev–Trinajstić information content (AvgIpc) is 2.16. The third-order valence-corrected chi connectivity index (χ3v) is 2.74. The topological polar surface area (TPSA) is 25.8 Å². The van der Waals surface area contributed by atoms with Gasteiger partial charge in [-0.1, -0.05) is 39.5 Å². The number of nitrogens with zero attached hydrogens (tertiary/aromatic N) is 2. The summed E-state index contributed by atoms with van der Waals surface area (Å²) in [6.45, 7) is 8.73. The summed E-state index contributed by atoms with van der Waals surface area (Å²) in [5, 5.41) is 0.873.